The van der Waals surface area contributed by atoms with Crippen molar-refractivity contribution in [1.29, 1.82) is 0 Å². The molecule has 1 unspecified atom stereocenters. The lowest BCUT2D eigenvalue weighted by Crippen LogP contribution is -2.42. The molecule has 7 nitrogen and oxygen atoms in total. The summed E-state index contributed by atoms with van der Waals surface area (Å²) in [7, 11) is -0.995. The third-order valence-corrected chi connectivity index (χ3v) is 5.97. The highest BCUT2D eigenvalue weighted by Crippen LogP contribution is 2.26. The predicted molar refractivity (Wildman–Crippen MR) is 91.5 cm³/mol. The van der Waals surface area contributed by atoms with E-state index in [1.54, 1.807) is 11.0 Å². The molecule has 1 aliphatic heterocycles. The Morgan fingerprint density at radius 3 is 2.50 bits per heavy atom. The minimum absolute atomic E-state index is 0.0381. The minimum Gasteiger partial charge on any atom is -0.495 e. The summed E-state index contributed by atoms with van der Waals surface area (Å²) in [6.07, 6.45) is 1.72. The van der Waals surface area contributed by atoms with Crippen LogP contribution < -0.4 is 15.2 Å². The lowest BCUT2D eigenvalue weighted by Gasteiger charge is -2.33. The van der Waals surface area contributed by atoms with Gasteiger partial charge in [-0.25, -0.2) is 13.1 Å². The van der Waals surface area contributed by atoms with E-state index >= 15 is 0 Å². The highest BCUT2D eigenvalue weighted by atomic mass is 32.2. The number of benzene rings is 1. The summed E-state index contributed by atoms with van der Waals surface area (Å²) >= 11 is 0. The van der Waals surface area contributed by atoms with Gasteiger partial charge in [0.25, 0.3) is 5.91 Å². The highest BCUT2D eigenvalue weighted by molar-refractivity contribution is 7.89. The molecule has 0 radical (unpaired) electrons. The number of nitrogens with zero attached hydrogens (tertiary/aromatic N) is 1. The lowest BCUT2D eigenvalue weighted by atomic mass is 9.90. The summed E-state index contributed by atoms with van der Waals surface area (Å²) in [6, 6.07) is 4.58. The molecule has 1 heterocycles. The fourth-order valence-electron chi connectivity index (χ4n) is 2.94. The van der Waals surface area contributed by atoms with Gasteiger partial charge in [-0.15, -0.1) is 0 Å². The second-order valence-electron chi connectivity index (χ2n) is 6.06. The molecule has 0 spiro atoms. The monoisotopic (exact) mass is 355 g/mol. The predicted octanol–water partition coefficient (Wildman–Crippen LogP) is 0.803. The molecule has 3 N–H and O–H groups in total. The Hall–Kier alpha value is -1.64. The first-order valence-electron chi connectivity index (χ1n) is 7.96. The molecule has 0 aliphatic carbocycles. The van der Waals surface area contributed by atoms with Crippen LogP contribution in [-0.4, -0.2) is 52.5 Å². The Labute approximate surface area is 143 Å². The highest BCUT2D eigenvalue weighted by Gasteiger charge is 2.27. The Balaban J connectivity index is 2.23. The molecule has 1 aliphatic rings. The zero-order valence-corrected chi connectivity index (χ0v) is 15.1. The van der Waals surface area contributed by atoms with E-state index in [2.05, 4.69) is 4.72 Å². The topological polar surface area (TPSA) is 102 Å². The van der Waals surface area contributed by atoms with Crippen molar-refractivity contribution in [2.45, 2.75) is 30.7 Å². The zero-order valence-electron chi connectivity index (χ0n) is 14.3. The van der Waals surface area contributed by atoms with Crippen LogP contribution in [0.15, 0.2) is 23.1 Å². The van der Waals surface area contributed by atoms with Crippen molar-refractivity contribution < 1.29 is 17.9 Å². The summed E-state index contributed by atoms with van der Waals surface area (Å²) in [6.45, 7) is 3.25. The van der Waals surface area contributed by atoms with E-state index in [-0.39, 0.29) is 22.6 Å². The van der Waals surface area contributed by atoms with Crippen LogP contribution in [0.4, 0.5) is 0 Å². The zero-order chi connectivity index (χ0) is 17.9. The number of hydrogen-bond donors (Lipinski definition) is 2. The summed E-state index contributed by atoms with van der Waals surface area (Å²) in [4.78, 5) is 14.4. The van der Waals surface area contributed by atoms with Crippen LogP contribution in [0.3, 0.4) is 0 Å². The van der Waals surface area contributed by atoms with Gasteiger partial charge in [0, 0.05) is 24.7 Å². The summed E-state index contributed by atoms with van der Waals surface area (Å²) < 4.78 is 31.6. The van der Waals surface area contributed by atoms with Gasteiger partial charge in [0.1, 0.15) is 10.6 Å². The molecule has 0 bridgehead atoms. The standard InChI is InChI=1S/C16H25N3O4S/c1-11(17)12-6-8-19(9-7-12)16(20)13-4-5-14(23-3)15(10-13)24(21,22)18-2/h4-5,10-12,18H,6-9,17H2,1-3H3. The van der Waals surface area contributed by atoms with Crippen LogP contribution in [0, 0.1) is 5.92 Å². The first kappa shape index (κ1) is 18.7. The number of hydrogen-bond acceptors (Lipinski definition) is 5. The number of rotatable bonds is 5. The van der Waals surface area contributed by atoms with Crippen LogP contribution >= 0.6 is 0 Å². The molecule has 134 valence electrons. The normalized spacial score (nSPS) is 17.6. The molecule has 1 amide bonds. The molecule has 1 aromatic carbocycles. The molecule has 1 aromatic rings. The van der Waals surface area contributed by atoms with Crippen molar-refractivity contribution in [3.8, 4) is 5.75 Å². The van der Waals surface area contributed by atoms with Gasteiger partial charge >= 0.3 is 0 Å². The van der Waals surface area contributed by atoms with Gasteiger partial charge in [-0.2, -0.15) is 0 Å². The summed E-state index contributed by atoms with van der Waals surface area (Å²) in [5.41, 5.74) is 6.26. The molecule has 24 heavy (non-hydrogen) atoms. The molecule has 2 rings (SSSR count). The van der Waals surface area contributed by atoms with Crippen LogP contribution in [0.1, 0.15) is 30.1 Å². The van der Waals surface area contributed by atoms with E-state index in [1.807, 2.05) is 6.92 Å². The number of likely N-dealkylation sites (tertiary alicyclic amines) is 1. The van der Waals surface area contributed by atoms with Crippen LogP contribution in [0.2, 0.25) is 0 Å². The van der Waals surface area contributed by atoms with Crippen LogP contribution in [0.5, 0.6) is 5.75 Å². The summed E-state index contributed by atoms with van der Waals surface area (Å²) in [5.74, 6) is 0.454. The minimum atomic E-state index is -3.71. The van der Waals surface area contributed by atoms with E-state index in [0.29, 0.717) is 24.6 Å². The van der Waals surface area contributed by atoms with Crippen molar-refractivity contribution in [3.63, 3.8) is 0 Å². The molecule has 1 fully saturated rings. The molecule has 1 saturated heterocycles. The van der Waals surface area contributed by atoms with Crippen molar-refractivity contribution >= 4 is 15.9 Å². The van der Waals surface area contributed by atoms with Gasteiger partial charge in [0.2, 0.25) is 10.0 Å². The number of methoxy groups -OCH3 is 1. The van der Waals surface area contributed by atoms with Crippen molar-refractivity contribution in [3.05, 3.63) is 23.8 Å². The van der Waals surface area contributed by atoms with E-state index in [1.165, 1.54) is 26.3 Å². The smallest absolute Gasteiger partial charge is 0.253 e. The second kappa shape index (κ2) is 7.50. The number of sulfonamides is 1. The first-order valence-corrected chi connectivity index (χ1v) is 9.45. The molecule has 1 atom stereocenters. The fraction of sp³-hybridized carbons (Fsp3) is 0.562. The van der Waals surface area contributed by atoms with Crippen molar-refractivity contribution in [1.82, 2.24) is 9.62 Å². The fourth-order valence-corrected chi connectivity index (χ4v) is 3.86. The molecule has 0 aromatic heterocycles. The average molecular weight is 355 g/mol. The van der Waals surface area contributed by atoms with Crippen LogP contribution in [-0.2, 0) is 10.0 Å². The van der Waals surface area contributed by atoms with E-state index in [4.69, 9.17) is 10.5 Å². The SMILES string of the molecule is CNS(=O)(=O)c1cc(C(=O)N2CCC(C(C)N)CC2)ccc1OC. The first-order chi connectivity index (χ1) is 11.3. The third-order valence-electron chi connectivity index (χ3n) is 4.54. The summed E-state index contributed by atoms with van der Waals surface area (Å²) in [5, 5.41) is 0. The van der Waals surface area contributed by atoms with Gasteiger partial charge in [-0.3, -0.25) is 4.79 Å². The number of amides is 1. The molecule has 8 heteroatoms. The van der Waals surface area contributed by atoms with Crippen LogP contribution in [0.25, 0.3) is 0 Å². The van der Waals surface area contributed by atoms with Gasteiger partial charge in [-0.1, -0.05) is 0 Å². The van der Waals surface area contributed by atoms with Crippen molar-refractivity contribution in [2.75, 3.05) is 27.2 Å². The van der Waals surface area contributed by atoms with E-state index in [9.17, 15) is 13.2 Å². The maximum atomic E-state index is 12.7. The number of ether oxygens (including phenoxy) is 1. The number of nitrogens with two attached hydrogens (primary N) is 1. The molecular weight excluding hydrogens is 330 g/mol. The van der Waals surface area contributed by atoms with E-state index in [0.717, 1.165) is 12.8 Å². The van der Waals surface area contributed by atoms with Gasteiger partial charge in [0.05, 0.1) is 7.11 Å². The maximum absolute atomic E-state index is 12.7. The van der Waals surface area contributed by atoms with Gasteiger partial charge < -0.3 is 15.4 Å². The number of piperidine rings is 1. The Bertz CT molecular complexity index is 695. The van der Waals surface area contributed by atoms with E-state index < -0.39 is 10.0 Å². The number of carbonyl (C=O) groups excluding carboxylic acids is 1. The van der Waals surface area contributed by atoms with Gasteiger partial charge in [-0.05, 0) is 50.9 Å². The second-order valence-corrected chi connectivity index (χ2v) is 7.92. The Kier molecular flexibility index (Phi) is 5.84. The maximum Gasteiger partial charge on any atom is 0.253 e. The molecule has 0 saturated carbocycles. The Morgan fingerprint density at radius 1 is 1.38 bits per heavy atom. The Morgan fingerprint density at radius 2 is 2.00 bits per heavy atom. The quantitative estimate of drug-likeness (QED) is 0.813. The lowest BCUT2D eigenvalue weighted by molar-refractivity contribution is 0.0680. The molecular formula is C16H25N3O4S. The van der Waals surface area contributed by atoms with Crippen molar-refractivity contribution in [2.24, 2.45) is 11.7 Å². The number of carbonyl (C=O) groups is 1. The largest absolute Gasteiger partial charge is 0.495 e. The average Bonchev–Trinajstić information content (AvgIpc) is 2.60. The third kappa shape index (κ3) is 3.88. The van der Waals surface area contributed by atoms with Gasteiger partial charge in [0.15, 0.2) is 0 Å². The number of nitrogens with one attached hydrogen (secondary N) is 1.